The van der Waals surface area contributed by atoms with Crippen molar-refractivity contribution in [3.05, 3.63) is 51.0 Å². The van der Waals surface area contributed by atoms with Gasteiger partial charge in [0.1, 0.15) is 28.2 Å². The molecule has 0 spiro atoms. The Morgan fingerprint density at radius 2 is 1.96 bits per heavy atom. The van der Waals surface area contributed by atoms with E-state index >= 15 is 0 Å². The second kappa shape index (κ2) is 7.74. The molecule has 0 unspecified atom stereocenters. The van der Waals surface area contributed by atoms with Crippen LogP contribution in [0.2, 0.25) is 0 Å². The van der Waals surface area contributed by atoms with E-state index < -0.39 is 11.9 Å². The second-order valence-corrected chi connectivity index (χ2v) is 7.34. The molecule has 0 fully saturated rings. The van der Waals surface area contributed by atoms with Crippen LogP contribution in [0, 0.1) is 25.2 Å². The van der Waals surface area contributed by atoms with Gasteiger partial charge in [0.2, 0.25) is 0 Å². The maximum Gasteiger partial charge on any atom is 0.355 e. The molecule has 3 N–H and O–H groups in total. The monoisotopic (exact) mass is 397 g/mol. The molecule has 144 valence electrons. The Morgan fingerprint density at radius 1 is 1.21 bits per heavy atom. The average Bonchev–Trinajstić information content (AvgIpc) is 3.20. The third-order valence-electron chi connectivity index (χ3n) is 4.26. The summed E-state index contributed by atoms with van der Waals surface area (Å²) in [5, 5.41) is 10.5. The van der Waals surface area contributed by atoms with Crippen molar-refractivity contribution in [3.8, 4) is 6.07 Å². The van der Waals surface area contributed by atoms with Crippen LogP contribution >= 0.6 is 11.3 Å². The molecular formula is C20H19N3O4S. The zero-order valence-electron chi connectivity index (χ0n) is 15.7. The Bertz CT molecular complexity index is 1120. The number of aryl methyl sites for hydroxylation is 2. The fourth-order valence-electron chi connectivity index (χ4n) is 3.03. The van der Waals surface area contributed by atoms with Gasteiger partial charge in [-0.25, -0.2) is 9.59 Å². The van der Waals surface area contributed by atoms with Gasteiger partial charge in [0.15, 0.2) is 0 Å². The van der Waals surface area contributed by atoms with E-state index in [9.17, 15) is 14.9 Å². The summed E-state index contributed by atoms with van der Waals surface area (Å²) in [6.07, 6.45) is 0. The van der Waals surface area contributed by atoms with Crippen LogP contribution in [0.25, 0.3) is 10.9 Å². The Balaban J connectivity index is 1.86. The molecule has 1 aromatic carbocycles. The van der Waals surface area contributed by atoms with Crippen LogP contribution < -0.4 is 5.73 Å². The maximum atomic E-state index is 12.5. The summed E-state index contributed by atoms with van der Waals surface area (Å²) in [7, 11) is 0. The third kappa shape index (κ3) is 3.57. The number of hydrogen-bond donors (Lipinski definition) is 2. The van der Waals surface area contributed by atoms with Crippen LogP contribution in [0.1, 0.15) is 49.3 Å². The molecule has 3 rings (SSSR count). The molecule has 0 saturated heterocycles. The van der Waals surface area contributed by atoms with E-state index in [0.29, 0.717) is 5.69 Å². The van der Waals surface area contributed by atoms with Gasteiger partial charge in [0, 0.05) is 16.5 Å². The van der Waals surface area contributed by atoms with Gasteiger partial charge in [0.05, 0.1) is 12.2 Å². The normalized spacial score (nSPS) is 10.6. The predicted molar refractivity (Wildman–Crippen MR) is 106 cm³/mol. The lowest BCUT2D eigenvalue weighted by molar-refractivity contribution is 0.0448. The minimum absolute atomic E-state index is 0.129. The first-order valence-electron chi connectivity index (χ1n) is 8.61. The Hall–Kier alpha value is -3.31. The number of nitrogens with two attached hydrogens (primary N) is 1. The minimum atomic E-state index is -0.594. The fraction of sp³-hybridized carbons (Fsp3) is 0.250. The molecule has 0 aliphatic carbocycles. The molecule has 0 aliphatic heterocycles. The first kappa shape index (κ1) is 19.5. The highest BCUT2D eigenvalue weighted by Crippen LogP contribution is 2.32. The number of rotatable bonds is 5. The minimum Gasteiger partial charge on any atom is -0.462 e. The summed E-state index contributed by atoms with van der Waals surface area (Å²) < 4.78 is 10.4. The second-order valence-electron chi connectivity index (χ2n) is 6.28. The van der Waals surface area contributed by atoms with Crippen molar-refractivity contribution in [3.63, 3.8) is 0 Å². The zero-order chi connectivity index (χ0) is 20.4. The highest BCUT2D eigenvalue weighted by atomic mass is 32.1. The highest BCUT2D eigenvalue weighted by molar-refractivity contribution is 7.18. The van der Waals surface area contributed by atoms with E-state index in [-0.39, 0.29) is 34.2 Å². The molecule has 3 aromatic rings. The van der Waals surface area contributed by atoms with Crippen molar-refractivity contribution in [1.82, 2.24) is 4.98 Å². The van der Waals surface area contributed by atoms with Crippen LogP contribution in [0.4, 0.5) is 5.00 Å². The van der Waals surface area contributed by atoms with Gasteiger partial charge in [-0.2, -0.15) is 5.26 Å². The van der Waals surface area contributed by atoms with E-state index in [1.807, 2.05) is 32.0 Å². The lowest BCUT2D eigenvalue weighted by Gasteiger charge is -2.06. The largest absolute Gasteiger partial charge is 0.462 e. The van der Waals surface area contributed by atoms with E-state index in [1.165, 1.54) is 0 Å². The smallest absolute Gasteiger partial charge is 0.355 e. The molecule has 2 aromatic heterocycles. The number of benzene rings is 1. The Morgan fingerprint density at radius 3 is 2.64 bits per heavy atom. The van der Waals surface area contributed by atoms with Crippen LogP contribution in [0.15, 0.2) is 18.2 Å². The number of nitrogen functional groups attached to an aromatic ring is 1. The summed E-state index contributed by atoms with van der Waals surface area (Å²) >= 11 is 0.950. The zero-order valence-corrected chi connectivity index (χ0v) is 16.5. The molecule has 0 amide bonds. The maximum absolute atomic E-state index is 12.5. The number of carbonyl (C=O) groups is 2. The van der Waals surface area contributed by atoms with Crippen molar-refractivity contribution >= 4 is 39.2 Å². The number of aromatic amines is 1. The first-order chi connectivity index (χ1) is 13.3. The quantitative estimate of drug-likeness (QED) is 0.632. The van der Waals surface area contributed by atoms with E-state index in [0.717, 1.165) is 33.4 Å². The van der Waals surface area contributed by atoms with Crippen molar-refractivity contribution in [2.75, 3.05) is 12.3 Å². The molecule has 0 bridgehead atoms. The summed E-state index contributed by atoms with van der Waals surface area (Å²) in [5.74, 6) is -1.18. The Kier molecular flexibility index (Phi) is 5.38. The van der Waals surface area contributed by atoms with Gasteiger partial charge >= 0.3 is 11.9 Å². The number of esters is 2. The van der Waals surface area contributed by atoms with Crippen molar-refractivity contribution in [2.24, 2.45) is 0 Å². The van der Waals surface area contributed by atoms with Crippen molar-refractivity contribution in [1.29, 1.82) is 5.26 Å². The number of nitriles is 1. The summed E-state index contributed by atoms with van der Waals surface area (Å²) in [6.45, 7) is 5.56. The topological polar surface area (TPSA) is 118 Å². The number of anilines is 1. The molecule has 28 heavy (non-hydrogen) atoms. The summed E-state index contributed by atoms with van der Waals surface area (Å²) in [5.41, 5.74) is 9.49. The van der Waals surface area contributed by atoms with Gasteiger partial charge in [-0.3, -0.25) is 0 Å². The number of H-pyrrole nitrogens is 1. The fourth-order valence-corrected chi connectivity index (χ4v) is 3.95. The van der Waals surface area contributed by atoms with E-state index in [4.69, 9.17) is 15.2 Å². The van der Waals surface area contributed by atoms with Gasteiger partial charge in [-0.1, -0.05) is 6.07 Å². The van der Waals surface area contributed by atoms with E-state index in [1.54, 1.807) is 13.0 Å². The van der Waals surface area contributed by atoms with E-state index in [2.05, 4.69) is 4.98 Å². The number of nitrogens with zero attached hydrogens (tertiary/aromatic N) is 1. The van der Waals surface area contributed by atoms with Gasteiger partial charge in [-0.15, -0.1) is 11.3 Å². The third-order valence-corrected chi connectivity index (χ3v) is 5.30. The summed E-state index contributed by atoms with van der Waals surface area (Å²) in [6, 6.07) is 7.67. The molecule has 0 radical (unpaired) electrons. The molecule has 0 aliphatic rings. The van der Waals surface area contributed by atoms with Crippen LogP contribution in [-0.2, 0) is 16.1 Å². The molecule has 0 saturated carbocycles. The SMILES string of the molecule is CCOC(=O)c1sc(N)c(C#N)c1COC(=O)c1cc2c(C)cc(C)cc2[nH]1. The molecule has 0 atom stereocenters. The van der Waals surface area contributed by atoms with Gasteiger partial charge in [-0.05, 0) is 44.0 Å². The number of fused-ring (bicyclic) bond motifs is 1. The standard InChI is InChI=1S/C20H19N3O4S/c1-4-26-20(25)17-14(13(8-21)18(22)28-17)9-27-19(24)16-7-12-11(3)5-10(2)6-15(12)23-16/h5-7,23H,4,9,22H2,1-3H3. The molecular weight excluding hydrogens is 378 g/mol. The molecule has 2 heterocycles. The van der Waals surface area contributed by atoms with Crippen LogP contribution in [0.3, 0.4) is 0 Å². The number of carbonyl (C=O) groups excluding carboxylic acids is 2. The Labute approximate surface area is 165 Å². The number of hydrogen-bond acceptors (Lipinski definition) is 7. The number of nitrogens with one attached hydrogen (secondary N) is 1. The molecule has 7 nitrogen and oxygen atoms in total. The summed E-state index contributed by atoms with van der Waals surface area (Å²) in [4.78, 5) is 27.9. The van der Waals surface area contributed by atoms with Crippen molar-refractivity contribution < 1.29 is 19.1 Å². The van der Waals surface area contributed by atoms with Gasteiger partial charge in [0.25, 0.3) is 0 Å². The van der Waals surface area contributed by atoms with Crippen LogP contribution in [-0.4, -0.2) is 23.5 Å². The lowest BCUT2D eigenvalue weighted by Crippen LogP contribution is -2.10. The van der Waals surface area contributed by atoms with Gasteiger partial charge < -0.3 is 20.2 Å². The number of ether oxygens (including phenoxy) is 2. The van der Waals surface area contributed by atoms with Crippen LogP contribution in [0.5, 0.6) is 0 Å². The number of aromatic nitrogens is 1. The van der Waals surface area contributed by atoms with Crippen molar-refractivity contribution in [2.45, 2.75) is 27.4 Å². The highest BCUT2D eigenvalue weighted by Gasteiger charge is 2.24. The lowest BCUT2D eigenvalue weighted by atomic mass is 10.1. The first-order valence-corrected chi connectivity index (χ1v) is 9.42. The number of thiophene rings is 1. The molecule has 8 heteroatoms. The average molecular weight is 397 g/mol. The predicted octanol–water partition coefficient (Wildman–Crippen LogP) is 3.83.